The summed E-state index contributed by atoms with van der Waals surface area (Å²) >= 11 is 10.9. The van der Waals surface area contributed by atoms with E-state index in [1.165, 1.54) is 11.0 Å². The van der Waals surface area contributed by atoms with E-state index in [9.17, 15) is 0 Å². The molecule has 0 unspecified atom stereocenters. The molecule has 1 N–H and O–H groups in total. The second kappa shape index (κ2) is 6.59. The maximum Gasteiger partial charge on any atom is 0.216 e. The normalized spacial score (nSPS) is 11.1. The Kier molecular flexibility index (Phi) is 4.36. The van der Waals surface area contributed by atoms with Gasteiger partial charge in [-0.25, -0.2) is 0 Å². The zero-order valence-electron chi connectivity index (χ0n) is 11.3. The predicted octanol–water partition coefficient (Wildman–Crippen LogP) is 3.65. The van der Waals surface area contributed by atoms with Crippen molar-refractivity contribution in [2.24, 2.45) is 5.10 Å². The summed E-state index contributed by atoms with van der Waals surface area (Å²) in [6, 6.07) is 10.8. The minimum atomic E-state index is 0.305. The predicted molar refractivity (Wildman–Crippen MR) is 84.9 cm³/mol. The number of aromatic nitrogens is 3. The van der Waals surface area contributed by atoms with E-state index < -0.39 is 0 Å². The molecule has 8 heteroatoms. The molecule has 0 aliphatic carbocycles. The van der Waals surface area contributed by atoms with Gasteiger partial charge in [0.05, 0.1) is 6.21 Å². The van der Waals surface area contributed by atoms with E-state index in [4.69, 9.17) is 33.0 Å². The number of halogens is 1. The maximum absolute atomic E-state index is 5.89. The lowest BCUT2D eigenvalue weighted by atomic mass is 10.3. The average Bonchev–Trinajstić information content (AvgIpc) is 3.12. The van der Waals surface area contributed by atoms with Crippen molar-refractivity contribution in [1.82, 2.24) is 14.9 Å². The quantitative estimate of drug-likeness (QED) is 0.571. The molecule has 3 aromatic rings. The highest BCUT2D eigenvalue weighted by Crippen LogP contribution is 2.18. The van der Waals surface area contributed by atoms with Gasteiger partial charge in [0.2, 0.25) is 4.77 Å². The van der Waals surface area contributed by atoms with Crippen molar-refractivity contribution in [2.45, 2.75) is 6.61 Å². The highest BCUT2D eigenvalue weighted by Gasteiger charge is 2.02. The molecule has 0 radical (unpaired) electrons. The Hall–Kier alpha value is -2.38. The van der Waals surface area contributed by atoms with Crippen LogP contribution in [0.3, 0.4) is 0 Å². The molecule has 0 atom stereocenters. The SMILES string of the molecule is S=c1[nH]ncn1/N=C/c1ccc(COc2cccc(Cl)c2)o1. The largest absolute Gasteiger partial charge is 0.486 e. The number of rotatable bonds is 5. The van der Waals surface area contributed by atoms with Gasteiger partial charge in [-0.3, -0.25) is 5.10 Å². The van der Waals surface area contributed by atoms with Crippen molar-refractivity contribution in [2.75, 3.05) is 0 Å². The van der Waals surface area contributed by atoms with Gasteiger partial charge in [-0.2, -0.15) is 14.9 Å². The molecule has 2 aromatic heterocycles. The van der Waals surface area contributed by atoms with Gasteiger partial charge in [0.15, 0.2) is 0 Å². The Balaban J connectivity index is 1.63. The zero-order valence-corrected chi connectivity index (χ0v) is 12.8. The lowest BCUT2D eigenvalue weighted by Crippen LogP contribution is -1.93. The van der Waals surface area contributed by atoms with Gasteiger partial charge >= 0.3 is 0 Å². The summed E-state index contributed by atoms with van der Waals surface area (Å²) in [5.74, 6) is 1.95. The maximum atomic E-state index is 5.89. The van der Waals surface area contributed by atoms with E-state index in [-0.39, 0.29) is 0 Å². The van der Waals surface area contributed by atoms with Crippen LogP contribution in [-0.4, -0.2) is 21.1 Å². The molecule has 0 amide bonds. The molecule has 0 bridgehead atoms. The number of H-pyrrole nitrogens is 1. The molecule has 6 nitrogen and oxygen atoms in total. The van der Waals surface area contributed by atoms with Crippen molar-refractivity contribution in [1.29, 1.82) is 0 Å². The fraction of sp³-hybridized carbons (Fsp3) is 0.0714. The van der Waals surface area contributed by atoms with Crippen LogP contribution in [-0.2, 0) is 6.61 Å². The van der Waals surface area contributed by atoms with E-state index in [1.807, 2.05) is 18.2 Å². The van der Waals surface area contributed by atoms with E-state index in [2.05, 4.69) is 15.3 Å². The first-order chi connectivity index (χ1) is 10.7. The lowest BCUT2D eigenvalue weighted by molar-refractivity contribution is 0.270. The molecule has 0 fully saturated rings. The Bertz CT molecular complexity index is 852. The number of nitrogens with zero attached hydrogens (tertiary/aromatic N) is 3. The lowest BCUT2D eigenvalue weighted by Gasteiger charge is -2.03. The summed E-state index contributed by atoms with van der Waals surface area (Å²) in [5.41, 5.74) is 0. The first-order valence-electron chi connectivity index (χ1n) is 6.34. The van der Waals surface area contributed by atoms with E-state index in [0.717, 1.165) is 0 Å². The smallest absolute Gasteiger partial charge is 0.216 e. The van der Waals surface area contributed by atoms with Crippen LogP contribution in [0.5, 0.6) is 5.75 Å². The third kappa shape index (κ3) is 3.63. The zero-order chi connectivity index (χ0) is 15.4. The monoisotopic (exact) mass is 334 g/mol. The number of benzene rings is 1. The van der Waals surface area contributed by atoms with Crippen LogP contribution >= 0.6 is 23.8 Å². The number of hydrogen-bond acceptors (Lipinski definition) is 5. The molecule has 0 aliphatic heterocycles. The summed E-state index contributed by atoms with van der Waals surface area (Å²) in [6.45, 7) is 0.305. The Morgan fingerprint density at radius 1 is 1.41 bits per heavy atom. The van der Waals surface area contributed by atoms with E-state index in [0.29, 0.717) is 33.7 Å². The van der Waals surface area contributed by atoms with Crippen LogP contribution in [0.2, 0.25) is 5.02 Å². The van der Waals surface area contributed by atoms with Crippen LogP contribution in [0.4, 0.5) is 0 Å². The molecular formula is C14H11ClN4O2S. The second-order valence-corrected chi connectivity index (χ2v) is 5.12. The van der Waals surface area contributed by atoms with Gasteiger partial charge in [-0.1, -0.05) is 17.7 Å². The van der Waals surface area contributed by atoms with Gasteiger partial charge in [0.25, 0.3) is 0 Å². The van der Waals surface area contributed by atoms with Crippen LogP contribution < -0.4 is 4.74 Å². The molecule has 2 heterocycles. The first-order valence-corrected chi connectivity index (χ1v) is 7.13. The molecule has 0 aliphatic rings. The molecule has 1 aromatic carbocycles. The van der Waals surface area contributed by atoms with E-state index in [1.54, 1.807) is 24.4 Å². The van der Waals surface area contributed by atoms with Gasteiger partial charge in [-0.05, 0) is 42.5 Å². The van der Waals surface area contributed by atoms with E-state index >= 15 is 0 Å². The summed E-state index contributed by atoms with van der Waals surface area (Å²) in [4.78, 5) is 0. The number of nitrogens with one attached hydrogen (secondary N) is 1. The molecule has 0 spiro atoms. The first kappa shape index (κ1) is 14.6. The van der Waals surface area contributed by atoms with Crippen molar-refractivity contribution in [3.05, 3.63) is 64.0 Å². The second-order valence-electron chi connectivity index (χ2n) is 4.30. The van der Waals surface area contributed by atoms with Gasteiger partial charge in [0.1, 0.15) is 30.2 Å². The minimum Gasteiger partial charge on any atom is -0.486 e. The van der Waals surface area contributed by atoms with Crippen LogP contribution in [0.1, 0.15) is 11.5 Å². The number of hydrogen-bond donors (Lipinski definition) is 1. The Morgan fingerprint density at radius 2 is 2.32 bits per heavy atom. The number of furan rings is 1. The molecule has 0 saturated carbocycles. The summed E-state index contributed by atoms with van der Waals surface area (Å²) in [6.07, 6.45) is 3.03. The third-order valence-corrected chi connectivity index (χ3v) is 3.22. The summed E-state index contributed by atoms with van der Waals surface area (Å²) in [5, 5.41) is 11.1. The fourth-order valence-electron chi connectivity index (χ4n) is 1.70. The number of ether oxygens (including phenoxy) is 1. The molecule has 112 valence electrons. The van der Waals surface area contributed by atoms with Crippen molar-refractivity contribution in [3.63, 3.8) is 0 Å². The highest BCUT2D eigenvalue weighted by atomic mass is 35.5. The van der Waals surface area contributed by atoms with Crippen LogP contribution in [0, 0.1) is 4.77 Å². The highest BCUT2D eigenvalue weighted by molar-refractivity contribution is 7.71. The van der Waals surface area contributed by atoms with Gasteiger partial charge < -0.3 is 9.15 Å². The molecule has 3 rings (SSSR count). The van der Waals surface area contributed by atoms with Crippen LogP contribution in [0.25, 0.3) is 0 Å². The van der Waals surface area contributed by atoms with Crippen molar-refractivity contribution >= 4 is 30.0 Å². The molecule has 0 saturated heterocycles. The standard InChI is InChI=1S/C14H11ClN4O2S/c15-10-2-1-3-11(6-10)20-8-13-5-4-12(21-13)7-17-19-9-16-18-14(19)22/h1-7,9H,8H2,(H,18,22)/b17-7+. The summed E-state index contributed by atoms with van der Waals surface area (Å²) in [7, 11) is 0. The fourth-order valence-corrected chi connectivity index (χ4v) is 2.02. The van der Waals surface area contributed by atoms with Crippen molar-refractivity contribution in [3.8, 4) is 5.75 Å². The van der Waals surface area contributed by atoms with Gasteiger partial charge in [0, 0.05) is 5.02 Å². The van der Waals surface area contributed by atoms with Crippen LogP contribution in [0.15, 0.2) is 52.2 Å². The molecular weight excluding hydrogens is 324 g/mol. The minimum absolute atomic E-state index is 0.305. The Labute approximate surface area is 136 Å². The average molecular weight is 335 g/mol. The Morgan fingerprint density at radius 3 is 3.09 bits per heavy atom. The third-order valence-electron chi connectivity index (χ3n) is 2.70. The van der Waals surface area contributed by atoms with Gasteiger partial charge in [-0.15, -0.1) is 0 Å². The molecule has 22 heavy (non-hydrogen) atoms. The summed E-state index contributed by atoms with van der Waals surface area (Å²) < 4.78 is 13.0. The topological polar surface area (TPSA) is 68.3 Å². The van der Waals surface area contributed by atoms with Crippen molar-refractivity contribution < 1.29 is 9.15 Å². The number of aromatic amines is 1.